The van der Waals surface area contributed by atoms with Crippen LogP contribution < -0.4 is 10.6 Å². The number of nitrogens with one attached hydrogen (secondary N) is 2. The lowest BCUT2D eigenvalue weighted by molar-refractivity contribution is 0.101. The number of aromatic nitrogens is 1. The summed E-state index contributed by atoms with van der Waals surface area (Å²) in [6.45, 7) is 0. The Balaban J connectivity index is 1.74. The van der Waals surface area contributed by atoms with Crippen molar-refractivity contribution in [1.29, 1.82) is 0 Å². The Hall–Kier alpha value is -3.19. The van der Waals surface area contributed by atoms with Gasteiger partial charge in [0.1, 0.15) is 5.75 Å². The second-order valence-electron chi connectivity index (χ2n) is 5.39. The van der Waals surface area contributed by atoms with E-state index in [1.165, 1.54) is 24.5 Å². The molecule has 0 atom stereocenters. The van der Waals surface area contributed by atoms with Crippen LogP contribution in [0.4, 0.5) is 11.4 Å². The lowest BCUT2D eigenvalue weighted by atomic mass is 10.2. The highest BCUT2D eigenvalue weighted by Crippen LogP contribution is 2.24. The highest BCUT2D eigenvalue weighted by molar-refractivity contribution is 9.10. The summed E-state index contributed by atoms with van der Waals surface area (Å²) >= 11 is 3.27. The Morgan fingerprint density at radius 1 is 0.885 bits per heavy atom. The van der Waals surface area contributed by atoms with Crippen molar-refractivity contribution in [2.45, 2.75) is 0 Å². The molecule has 2 amide bonds. The van der Waals surface area contributed by atoms with Crippen LogP contribution >= 0.6 is 15.9 Å². The summed E-state index contributed by atoms with van der Waals surface area (Å²) < 4.78 is 0.679. The van der Waals surface area contributed by atoms with Gasteiger partial charge in [0.2, 0.25) is 0 Å². The number of phenolic OH excluding ortho intramolecular Hbond substituents is 1. The van der Waals surface area contributed by atoms with Gasteiger partial charge in [0, 0.05) is 33.8 Å². The van der Waals surface area contributed by atoms with Gasteiger partial charge in [-0.05, 0) is 48.5 Å². The molecule has 0 unspecified atom stereocenters. The van der Waals surface area contributed by atoms with Crippen molar-refractivity contribution in [2.24, 2.45) is 0 Å². The molecular weight excluding hydrogens is 398 g/mol. The molecule has 0 saturated heterocycles. The van der Waals surface area contributed by atoms with Gasteiger partial charge in [-0.25, -0.2) is 0 Å². The molecule has 3 rings (SSSR count). The molecule has 0 bridgehead atoms. The van der Waals surface area contributed by atoms with Crippen LogP contribution in [-0.2, 0) is 0 Å². The molecule has 0 fully saturated rings. The summed E-state index contributed by atoms with van der Waals surface area (Å²) in [5, 5.41) is 15.3. The van der Waals surface area contributed by atoms with Crippen molar-refractivity contribution < 1.29 is 14.7 Å². The standard InChI is InChI=1S/C19H14BrN3O3/c20-13-4-5-17(24)16(10-13)19(26)23-15-3-1-2-14(11-15)22-18(25)12-6-8-21-9-7-12/h1-11,24H,(H,22,25)(H,23,26). The molecule has 26 heavy (non-hydrogen) atoms. The molecule has 0 aliphatic carbocycles. The molecule has 0 aliphatic heterocycles. The topological polar surface area (TPSA) is 91.3 Å². The normalized spacial score (nSPS) is 10.2. The molecule has 1 heterocycles. The maximum Gasteiger partial charge on any atom is 0.259 e. The number of benzene rings is 2. The average molecular weight is 412 g/mol. The third-order valence-electron chi connectivity index (χ3n) is 3.52. The highest BCUT2D eigenvalue weighted by atomic mass is 79.9. The van der Waals surface area contributed by atoms with Gasteiger partial charge in [0.05, 0.1) is 5.56 Å². The van der Waals surface area contributed by atoms with Crippen molar-refractivity contribution in [3.63, 3.8) is 0 Å². The van der Waals surface area contributed by atoms with E-state index in [2.05, 4.69) is 31.5 Å². The molecule has 130 valence electrons. The number of hydrogen-bond donors (Lipinski definition) is 3. The highest BCUT2D eigenvalue weighted by Gasteiger charge is 2.12. The SMILES string of the molecule is O=C(Nc1cccc(NC(=O)c2cc(Br)ccc2O)c1)c1ccncc1. The van der Waals surface area contributed by atoms with E-state index in [1.54, 1.807) is 42.5 Å². The van der Waals surface area contributed by atoms with Gasteiger partial charge in [-0.1, -0.05) is 22.0 Å². The van der Waals surface area contributed by atoms with Crippen molar-refractivity contribution in [2.75, 3.05) is 10.6 Å². The zero-order valence-corrected chi connectivity index (χ0v) is 15.0. The van der Waals surface area contributed by atoms with Gasteiger partial charge in [0.15, 0.2) is 0 Å². The minimum absolute atomic E-state index is 0.118. The molecule has 7 heteroatoms. The Morgan fingerprint density at radius 3 is 2.23 bits per heavy atom. The third-order valence-corrected chi connectivity index (χ3v) is 4.02. The van der Waals surface area contributed by atoms with E-state index in [0.717, 1.165) is 0 Å². The van der Waals surface area contributed by atoms with E-state index in [9.17, 15) is 14.7 Å². The fraction of sp³-hybridized carbons (Fsp3) is 0. The second-order valence-corrected chi connectivity index (χ2v) is 6.30. The maximum atomic E-state index is 12.4. The molecule has 0 radical (unpaired) electrons. The predicted octanol–water partition coefficient (Wildman–Crippen LogP) is 4.05. The van der Waals surface area contributed by atoms with Crippen LogP contribution in [0.25, 0.3) is 0 Å². The Bertz CT molecular complexity index is 961. The van der Waals surface area contributed by atoms with Crippen molar-refractivity contribution in [3.05, 3.63) is 82.6 Å². The van der Waals surface area contributed by atoms with Crippen molar-refractivity contribution in [1.82, 2.24) is 4.98 Å². The maximum absolute atomic E-state index is 12.4. The Kier molecular flexibility index (Phi) is 5.28. The molecular formula is C19H14BrN3O3. The number of carbonyl (C=O) groups is 2. The lowest BCUT2D eigenvalue weighted by Gasteiger charge is -2.10. The van der Waals surface area contributed by atoms with Crippen LogP contribution in [-0.4, -0.2) is 21.9 Å². The fourth-order valence-electron chi connectivity index (χ4n) is 2.27. The van der Waals surface area contributed by atoms with Gasteiger partial charge < -0.3 is 15.7 Å². The summed E-state index contributed by atoms with van der Waals surface area (Å²) in [6, 6.07) is 14.6. The number of amides is 2. The van der Waals surface area contributed by atoms with E-state index >= 15 is 0 Å². The summed E-state index contributed by atoms with van der Waals surface area (Å²) in [4.78, 5) is 28.4. The number of aromatic hydroxyl groups is 1. The Morgan fingerprint density at radius 2 is 1.54 bits per heavy atom. The van der Waals surface area contributed by atoms with Crippen LogP contribution in [0.1, 0.15) is 20.7 Å². The van der Waals surface area contributed by atoms with Crippen LogP contribution in [0.5, 0.6) is 5.75 Å². The van der Waals surface area contributed by atoms with E-state index in [4.69, 9.17) is 0 Å². The summed E-state index contributed by atoms with van der Waals surface area (Å²) in [5.74, 6) is -0.852. The smallest absolute Gasteiger partial charge is 0.259 e. The van der Waals surface area contributed by atoms with Crippen molar-refractivity contribution in [3.8, 4) is 5.75 Å². The second kappa shape index (κ2) is 7.79. The third kappa shape index (κ3) is 4.25. The molecule has 2 aromatic carbocycles. The lowest BCUT2D eigenvalue weighted by Crippen LogP contribution is -2.14. The number of phenols is 1. The van der Waals surface area contributed by atoms with Crippen molar-refractivity contribution >= 4 is 39.1 Å². The minimum Gasteiger partial charge on any atom is -0.507 e. The molecule has 3 N–H and O–H groups in total. The fourth-order valence-corrected chi connectivity index (χ4v) is 2.63. The summed E-state index contributed by atoms with van der Waals surface area (Å²) in [7, 11) is 0. The number of carbonyl (C=O) groups excluding carboxylic acids is 2. The largest absolute Gasteiger partial charge is 0.507 e. The van der Waals surface area contributed by atoms with Gasteiger partial charge in [-0.15, -0.1) is 0 Å². The minimum atomic E-state index is -0.457. The molecule has 1 aromatic heterocycles. The van der Waals surface area contributed by atoms with Crippen LogP contribution in [0.15, 0.2) is 71.5 Å². The summed E-state index contributed by atoms with van der Waals surface area (Å²) in [5.41, 5.74) is 1.64. The monoisotopic (exact) mass is 411 g/mol. The van der Waals surface area contributed by atoms with Crippen LogP contribution in [0, 0.1) is 0 Å². The van der Waals surface area contributed by atoms with Gasteiger partial charge >= 0.3 is 0 Å². The first-order valence-electron chi connectivity index (χ1n) is 7.64. The zero-order chi connectivity index (χ0) is 18.5. The number of hydrogen-bond acceptors (Lipinski definition) is 4. The van der Waals surface area contributed by atoms with Gasteiger partial charge in [-0.2, -0.15) is 0 Å². The summed E-state index contributed by atoms with van der Waals surface area (Å²) in [6.07, 6.45) is 3.08. The number of pyridine rings is 1. The molecule has 0 aliphatic rings. The van der Waals surface area contributed by atoms with E-state index < -0.39 is 5.91 Å². The molecule has 6 nitrogen and oxygen atoms in total. The van der Waals surface area contributed by atoms with Gasteiger partial charge in [0.25, 0.3) is 11.8 Å². The molecule has 3 aromatic rings. The molecule has 0 spiro atoms. The van der Waals surface area contributed by atoms with Crippen LogP contribution in [0.3, 0.4) is 0 Å². The van der Waals surface area contributed by atoms with E-state index in [0.29, 0.717) is 21.4 Å². The molecule has 0 saturated carbocycles. The number of anilines is 2. The Labute approximate surface area is 158 Å². The predicted molar refractivity (Wildman–Crippen MR) is 102 cm³/mol. The average Bonchev–Trinajstić information content (AvgIpc) is 2.64. The number of rotatable bonds is 4. The first kappa shape index (κ1) is 17.6. The number of halogens is 1. The van der Waals surface area contributed by atoms with Crippen LogP contribution in [0.2, 0.25) is 0 Å². The van der Waals surface area contributed by atoms with E-state index in [-0.39, 0.29) is 17.2 Å². The quantitative estimate of drug-likeness (QED) is 0.603. The van der Waals surface area contributed by atoms with E-state index in [1.807, 2.05) is 0 Å². The number of nitrogens with zero attached hydrogens (tertiary/aromatic N) is 1. The van der Waals surface area contributed by atoms with Gasteiger partial charge in [-0.3, -0.25) is 14.6 Å². The first-order valence-corrected chi connectivity index (χ1v) is 8.43. The first-order chi connectivity index (χ1) is 12.5. The zero-order valence-electron chi connectivity index (χ0n) is 13.4.